The number of aliphatic hydroxyl groups excluding tert-OH is 3. The van der Waals surface area contributed by atoms with Crippen molar-refractivity contribution in [1.82, 2.24) is 9.55 Å². The van der Waals surface area contributed by atoms with Crippen LogP contribution in [0.1, 0.15) is 6.23 Å². The van der Waals surface area contributed by atoms with Gasteiger partial charge in [0, 0.05) is 12.3 Å². The monoisotopic (exact) mass is 276 g/mol. The minimum Gasteiger partial charge on any atom is -0.481 e. The van der Waals surface area contributed by atoms with Crippen LogP contribution in [-0.4, -0.2) is 56.7 Å². The molecule has 2 rings (SSSR count). The third-order valence-corrected chi connectivity index (χ3v) is 2.88. The van der Waals surface area contributed by atoms with Gasteiger partial charge in [-0.05, 0) is 0 Å². The summed E-state index contributed by atoms with van der Waals surface area (Å²) in [6.45, 7) is -1.15. The first-order chi connectivity index (χ1) is 8.92. The maximum Gasteiger partial charge on any atom is 0.353 e. The van der Waals surface area contributed by atoms with Gasteiger partial charge in [-0.1, -0.05) is 0 Å². The Morgan fingerprint density at radius 3 is 2.79 bits per heavy atom. The summed E-state index contributed by atoms with van der Waals surface area (Å²) in [5, 5.41) is 28.0. The zero-order valence-electron chi connectivity index (χ0n) is 9.93. The molecule has 0 saturated carbocycles. The fourth-order valence-corrected chi connectivity index (χ4v) is 1.81. The molecule has 1 aliphatic rings. The standard InChI is InChI=1S/C10H13FN2O6/c1-18-5-2-3-13(9(17)12-5)8-6(15)7(16)10(11,4-14)19-8/h2-3,6-8,14-16H,4H2,1H3/t6-,7+,8-,10-/m1/s1. The molecule has 1 aliphatic heterocycles. The smallest absolute Gasteiger partial charge is 0.353 e. The van der Waals surface area contributed by atoms with Crippen LogP contribution in [0.5, 0.6) is 5.88 Å². The summed E-state index contributed by atoms with van der Waals surface area (Å²) in [5.41, 5.74) is -0.849. The van der Waals surface area contributed by atoms with Crippen LogP contribution in [0.4, 0.5) is 4.39 Å². The van der Waals surface area contributed by atoms with Crippen molar-refractivity contribution in [3.8, 4) is 5.88 Å². The molecule has 8 nitrogen and oxygen atoms in total. The largest absolute Gasteiger partial charge is 0.481 e. The van der Waals surface area contributed by atoms with Crippen LogP contribution in [0, 0.1) is 0 Å². The molecule has 0 bridgehead atoms. The number of alkyl halides is 1. The fraction of sp³-hybridized carbons (Fsp3) is 0.600. The van der Waals surface area contributed by atoms with Gasteiger partial charge < -0.3 is 24.8 Å². The van der Waals surface area contributed by atoms with Crippen LogP contribution in [-0.2, 0) is 4.74 Å². The number of hydrogen-bond acceptors (Lipinski definition) is 7. The van der Waals surface area contributed by atoms with E-state index in [2.05, 4.69) is 4.98 Å². The Morgan fingerprint density at radius 2 is 2.32 bits per heavy atom. The molecule has 1 aromatic heterocycles. The number of hydrogen-bond donors (Lipinski definition) is 3. The first-order valence-electron chi connectivity index (χ1n) is 5.40. The molecule has 4 atom stereocenters. The first kappa shape index (κ1) is 13.9. The zero-order chi connectivity index (χ0) is 14.2. The van der Waals surface area contributed by atoms with Gasteiger partial charge in [-0.3, -0.25) is 4.57 Å². The van der Waals surface area contributed by atoms with E-state index in [1.54, 1.807) is 0 Å². The van der Waals surface area contributed by atoms with Crippen molar-refractivity contribution in [2.75, 3.05) is 13.7 Å². The lowest BCUT2D eigenvalue weighted by atomic mass is 10.1. The van der Waals surface area contributed by atoms with E-state index in [9.17, 15) is 19.4 Å². The average molecular weight is 276 g/mol. The van der Waals surface area contributed by atoms with Crippen molar-refractivity contribution in [3.63, 3.8) is 0 Å². The van der Waals surface area contributed by atoms with Crippen molar-refractivity contribution in [2.24, 2.45) is 0 Å². The maximum atomic E-state index is 13.9. The van der Waals surface area contributed by atoms with Gasteiger partial charge in [-0.25, -0.2) is 9.18 Å². The molecule has 19 heavy (non-hydrogen) atoms. The summed E-state index contributed by atoms with van der Waals surface area (Å²) in [4.78, 5) is 15.1. The van der Waals surface area contributed by atoms with Crippen molar-refractivity contribution in [1.29, 1.82) is 0 Å². The second-order valence-electron chi connectivity index (χ2n) is 4.05. The number of halogens is 1. The Bertz CT molecular complexity index is 523. The van der Waals surface area contributed by atoms with Crippen LogP contribution in [0.25, 0.3) is 0 Å². The van der Waals surface area contributed by atoms with Crippen LogP contribution < -0.4 is 10.4 Å². The Morgan fingerprint density at radius 1 is 1.63 bits per heavy atom. The maximum absolute atomic E-state index is 13.9. The van der Waals surface area contributed by atoms with Crippen molar-refractivity contribution < 1.29 is 29.2 Å². The molecular formula is C10H13FN2O6. The summed E-state index contributed by atoms with van der Waals surface area (Å²) < 4.78 is 24.1. The molecule has 1 fully saturated rings. The van der Waals surface area contributed by atoms with Crippen LogP contribution in [0.15, 0.2) is 17.1 Å². The molecule has 0 unspecified atom stereocenters. The van der Waals surface area contributed by atoms with Crippen molar-refractivity contribution >= 4 is 0 Å². The molecule has 0 aromatic carbocycles. The van der Waals surface area contributed by atoms with E-state index < -0.39 is 36.6 Å². The molecule has 0 amide bonds. The molecule has 1 saturated heterocycles. The highest BCUT2D eigenvalue weighted by molar-refractivity contribution is 5.07. The number of ether oxygens (including phenoxy) is 2. The highest BCUT2D eigenvalue weighted by Crippen LogP contribution is 2.37. The van der Waals surface area contributed by atoms with E-state index in [1.807, 2.05) is 0 Å². The normalized spacial score (nSPS) is 34.5. The molecule has 9 heteroatoms. The van der Waals surface area contributed by atoms with Crippen LogP contribution in [0.3, 0.4) is 0 Å². The summed E-state index contributed by atoms with van der Waals surface area (Å²) in [5.74, 6) is -2.79. The summed E-state index contributed by atoms with van der Waals surface area (Å²) >= 11 is 0. The van der Waals surface area contributed by atoms with Gasteiger partial charge in [0.2, 0.25) is 5.88 Å². The first-order valence-corrected chi connectivity index (χ1v) is 5.40. The predicted octanol–water partition coefficient (Wildman–Crippen LogP) is -1.84. The van der Waals surface area contributed by atoms with E-state index in [4.69, 9.17) is 14.6 Å². The number of rotatable bonds is 3. The Labute approximate surface area is 106 Å². The van der Waals surface area contributed by atoms with Crippen molar-refractivity contribution in [3.05, 3.63) is 22.7 Å². The predicted molar refractivity (Wildman–Crippen MR) is 58.1 cm³/mol. The van der Waals surface area contributed by atoms with Gasteiger partial charge in [0.15, 0.2) is 6.23 Å². The highest BCUT2D eigenvalue weighted by atomic mass is 19.2. The third-order valence-electron chi connectivity index (χ3n) is 2.88. The van der Waals surface area contributed by atoms with E-state index >= 15 is 0 Å². The lowest BCUT2D eigenvalue weighted by Crippen LogP contribution is -2.42. The van der Waals surface area contributed by atoms with Gasteiger partial charge in [0.1, 0.15) is 18.8 Å². The van der Waals surface area contributed by atoms with E-state index in [0.717, 1.165) is 4.57 Å². The molecule has 0 radical (unpaired) electrons. The van der Waals surface area contributed by atoms with E-state index in [-0.39, 0.29) is 5.88 Å². The van der Waals surface area contributed by atoms with Crippen molar-refractivity contribution in [2.45, 2.75) is 24.3 Å². The molecule has 0 spiro atoms. The molecular weight excluding hydrogens is 263 g/mol. The molecule has 1 aromatic rings. The van der Waals surface area contributed by atoms with Gasteiger partial charge in [0.25, 0.3) is 5.85 Å². The Balaban J connectivity index is 2.36. The van der Waals surface area contributed by atoms with Crippen LogP contribution in [0.2, 0.25) is 0 Å². The second-order valence-corrected chi connectivity index (χ2v) is 4.05. The number of aliphatic hydroxyl groups is 3. The summed E-state index contributed by atoms with van der Waals surface area (Å²) in [6.07, 6.45) is -4.00. The fourth-order valence-electron chi connectivity index (χ4n) is 1.81. The average Bonchev–Trinajstić information content (AvgIpc) is 2.64. The minimum absolute atomic E-state index is 0.0444. The summed E-state index contributed by atoms with van der Waals surface area (Å²) in [6, 6.07) is 1.31. The lowest BCUT2D eigenvalue weighted by molar-refractivity contribution is -0.207. The minimum atomic E-state index is -2.83. The second kappa shape index (κ2) is 4.85. The van der Waals surface area contributed by atoms with Gasteiger partial charge >= 0.3 is 5.69 Å². The molecule has 106 valence electrons. The Hall–Kier alpha value is -1.55. The zero-order valence-corrected chi connectivity index (χ0v) is 9.93. The highest BCUT2D eigenvalue weighted by Gasteiger charge is 2.55. The third kappa shape index (κ3) is 2.21. The number of methoxy groups -OCH3 is 1. The topological polar surface area (TPSA) is 114 Å². The van der Waals surface area contributed by atoms with E-state index in [0.29, 0.717) is 0 Å². The lowest BCUT2D eigenvalue weighted by Gasteiger charge is -2.19. The quantitative estimate of drug-likeness (QED) is 0.594. The molecule has 0 aliphatic carbocycles. The van der Waals surface area contributed by atoms with Crippen LogP contribution >= 0.6 is 0 Å². The Kier molecular flexibility index (Phi) is 3.54. The van der Waals surface area contributed by atoms with Gasteiger partial charge in [-0.2, -0.15) is 4.98 Å². The van der Waals surface area contributed by atoms with Gasteiger partial charge in [-0.15, -0.1) is 0 Å². The summed E-state index contributed by atoms with van der Waals surface area (Å²) in [7, 11) is 1.31. The van der Waals surface area contributed by atoms with E-state index in [1.165, 1.54) is 19.4 Å². The number of aromatic nitrogens is 2. The van der Waals surface area contributed by atoms with Gasteiger partial charge in [0.05, 0.1) is 7.11 Å². The molecule has 2 heterocycles. The molecule has 3 N–H and O–H groups in total. The number of nitrogens with zero attached hydrogens (tertiary/aromatic N) is 2. The SMILES string of the molecule is COc1ccn([C@@H]2O[C@](F)(CO)[C@@H](O)[C@H]2O)c(=O)n1.